The molecule has 1 rings (SSSR count). The van der Waals surface area contributed by atoms with Crippen molar-refractivity contribution in [3.63, 3.8) is 0 Å². The van der Waals surface area contributed by atoms with Gasteiger partial charge in [0.05, 0.1) is 0 Å². The maximum absolute atomic E-state index is 10.6. The summed E-state index contributed by atoms with van der Waals surface area (Å²) in [5, 5.41) is 0. The zero-order valence-electron chi connectivity index (χ0n) is 9.06. The van der Waals surface area contributed by atoms with Crippen molar-refractivity contribution in [2.24, 2.45) is 0 Å². The van der Waals surface area contributed by atoms with Crippen molar-refractivity contribution in [1.29, 1.82) is 0 Å². The number of esters is 1. The first-order valence-electron chi connectivity index (χ1n) is 4.68. The fraction of sp³-hybridized carbons (Fsp3) is 0.250. The van der Waals surface area contributed by atoms with Crippen molar-refractivity contribution in [3.8, 4) is 5.75 Å². The van der Waals surface area contributed by atoms with Gasteiger partial charge in [-0.15, -0.1) is 0 Å². The van der Waals surface area contributed by atoms with Crippen molar-refractivity contribution in [2.45, 2.75) is 13.3 Å². The van der Waals surface area contributed by atoms with Gasteiger partial charge in [0, 0.05) is 21.1 Å². The van der Waals surface area contributed by atoms with Crippen LogP contribution in [0.5, 0.6) is 5.75 Å². The third-order valence-corrected chi connectivity index (χ3v) is 1.89. The molecule has 0 radical (unpaired) electrons. The standard InChI is InChI=1S/C12H13O3.W/c1-3-10-5-7-11(8-6-10)14-9-15-12(13)4-2;/h5-8H,2-3,9H2,1H3;/q-1;. The van der Waals surface area contributed by atoms with Crippen LogP contribution in [0.3, 0.4) is 0 Å². The molecule has 0 aliphatic carbocycles. The second-order valence-electron chi connectivity index (χ2n) is 2.87. The first-order chi connectivity index (χ1) is 7.26. The fourth-order valence-corrected chi connectivity index (χ4v) is 1.02. The zero-order chi connectivity index (χ0) is 11.1. The van der Waals surface area contributed by atoms with Gasteiger partial charge in [0.1, 0.15) is 5.75 Å². The number of aryl methyl sites for hydroxylation is 1. The SMILES string of the molecule is C=[C-]C(=O)OCOc1ccc(CC)cc1.[W]. The second-order valence-corrected chi connectivity index (χ2v) is 2.87. The molecule has 0 saturated carbocycles. The monoisotopic (exact) mass is 389 g/mol. The summed E-state index contributed by atoms with van der Waals surface area (Å²) in [6.07, 6.45) is 3.07. The van der Waals surface area contributed by atoms with Crippen LogP contribution in [0.1, 0.15) is 12.5 Å². The van der Waals surface area contributed by atoms with Gasteiger partial charge >= 0.3 is 0 Å². The number of rotatable bonds is 5. The minimum Gasteiger partial charge on any atom is -0.457 e. The molecule has 1 aromatic rings. The van der Waals surface area contributed by atoms with Gasteiger partial charge in [-0.3, -0.25) is 11.4 Å². The molecular formula is C12H13O3W-. The Morgan fingerprint density at radius 2 is 2.00 bits per heavy atom. The van der Waals surface area contributed by atoms with Crippen LogP contribution in [0.2, 0.25) is 0 Å². The molecule has 0 saturated heterocycles. The zero-order valence-corrected chi connectivity index (χ0v) is 12.0. The van der Waals surface area contributed by atoms with Crippen LogP contribution in [-0.4, -0.2) is 12.8 Å². The summed E-state index contributed by atoms with van der Waals surface area (Å²) < 4.78 is 9.78. The molecule has 0 atom stereocenters. The van der Waals surface area contributed by atoms with E-state index in [0.717, 1.165) is 6.42 Å². The Kier molecular flexibility index (Phi) is 7.57. The minimum absolute atomic E-state index is 0. The van der Waals surface area contributed by atoms with Crippen LogP contribution in [0.15, 0.2) is 30.8 Å². The maximum atomic E-state index is 10.6. The summed E-state index contributed by atoms with van der Waals surface area (Å²) in [7, 11) is 0. The minimum atomic E-state index is -0.611. The molecule has 0 spiro atoms. The van der Waals surface area contributed by atoms with Gasteiger partial charge in [-0.2, -0.15) is 0 Å². The van der Waals surface area contributed by atoms with Crippen molar-refractivity contribution in [3.05, 3.63) is 42.5 Å². The summed E-state index contributed by atoms with van der Waals surface area (Å²) in [5.74, 6) is 0.0595. The van der Waals surface area contributed by atoms with Crippen molar-refractivity contribution >= 4 is 5.97 Å². The molecule has 0 bridgehead atoms. The van der Waals surface area contributed by atoms with E-state index in [4.69, 9.17) is 4.74 Å². The third kappa shape index (κ3) is 5.13. The van der Waals surface area contributed by atoms with Crippen LogP contribution < -0.4 is 4.74 Å². The van der Waals surface area contributed by atoms with Gasteiger partial charge in [-0.1, -0.05) is 19.1 Å². The predicted octanol–water partition coefficient (Wildman–Crippen LogP) is 2.12. The Labute approximate surface area is 110 Å². The van der Waals surface area contributed by atoms with E-state index in [1.54, 1.807) is 0 Å². The van der Waals surface area contributed by atoms with E-state index in [0.29, 0.717) is 5.75 Å². The van der Waals surface area contributed by atoms with E-state index >= 15 is 0 Å². The van der Waals surface area contributed by atoms with Crippen LogP contribution in [0.25, 0.3) is 0 Å². The molecule has 1 aromatic carbocycles. The van der Waals surface area contributed by atoms with Gasteiger partial charge in [-0.05, 0) is 24.1 Å². The van der Waals surface area contributed by atoms with Gasteiger partial charge in [0.2, 0.25) is 6.79 Å². The average molecular weight is 389 g/mol. The molecule has 16 heavy (non-hydrogen) atoms. The number of benzene rings is 1. The Bertz CT molecular complexity index is 333. The first-order valence-corrected chi connectivity index (χ1v) is 4.68. The molecule has 3 nitrogen and oxygen atoms in total. The number of hydrogen-bond acceptors (Lipinski definition) is 3. The molecule has 0 aliphatic heterocycles. The number of carbonyl (C=O) groups excluding carboxylic acids is 1. The maximum Gasteiger partial charge on any atom is 0.231 e. The van der Waals surface area contributed by atoms with Gasteiger partial charge in [-0.25, -0.2) is 0 Å². The largest absolute Gasteiger partial charge is 0.457 e. The van der Waals surface area contributed by atoms with E-state index in [1.165, 1.54) is 5.56 Å². The van der Waals surface area contributed by atoms with E-state index < -0.39 is 5.97 Å². The fourth-order valence-electron chi connectivity index (χ4n) is 1.02. The van der Waals surface area contributed by atoms with Crippen LogP contribution in [0.4, 0.5) is 0 Å². The number of carbonyl (C=O) groups is 1. The summed E-state index contributed by atoms with van der Waals surface area (Å²) in [6, 6.07) is 7.61. The van der Waals surface area contributed by atoms with E-state index in [-0.39, 0.29) is 27.9 Å². The van der Waals surface area contributed by atoms with Crippen LogP contribution >= 0.6 is 0 Å². The van der Waals surface area contributed by atoms with Crippen LogP contribution in [0, 0.1) is 6.08 Å². The van der Waals surface area contributed by atoms with E-state index in [2.05, 4.69) is 24.3 Å². The molecule has 0 N–H and O–H groups in total. The Balaban J connectivity index is 0.00000225. The van der Waals surface area contributed by atoms with Gasteiger partial charge < -0.3 is 15.5 Å². The predicted molar refractivity (Wildman–Crippen MR) is 56.3 cm³/mol. The average Bonchev–Trinajstić information content (AvgIpc) is 2.29. The Morgan fingerprint density at radius 3 is 2.50 bits per heavy atom. The van der Waals surface area contributed by atoms with Gasteiger partial charge in [0.15, 0.2) is 5.97 Å². The molecule has 4 heteroatoms. The Hall–Kier alpha value is -1.08. The second kappa shape index (κ2) is 8.11. The smallest absolute Gasteiger partial charge is 0.231 e. The topological polar surface area (TPSA) is 35.5 Å². The normalized spacial score (nSPS) is 8.81. The van der Waals surface area contributed by atoms with Crippen LogP contribution in [-0.2, 0) is 37.0 Å². The Morgan fingerprint density at radius 1 is 1.38 bits per heavy atom. The molecule has 0 aliphatic rings. The van der Waals surface area contributed by atoms with Crippen molar-refractivity contribution < 1.29 is 35.3 Å². The molecule has 0 amide bonds. The van der Waals surface area contributed by atoms with Crippen molar-refractivity contribution in [1.82, 2.24) is 0 Å². The van der Waals surface area contributed by atoms with E-state index in [9.17, 15) is 4.79 Å². The molecule has 86 valence electrons. The summed E-state index contributed by atoms with van der Waals surface area (Å²) >= 11 is 0. The first kappa shape index (κ1) is 14.9. The molecule has 0 aromatic heterocycles. The summed E-state index contributed by atoms with van der Waals surface area (Å²) in [6.45, 7) is 5.12. The summed E-state index contributed by atoms with van der Waals surface area (Å²) in [5.41, 5.74) is 1.23. The number of ether oxygens (including phenoxy) is 2. The molecule has 0 fully saturated rings. The van der Waals surface area contributed by atoms with Crippen molar-refractivity contribution in [2.75, 3.05) is 6.79 Å². The molecule has 0 unspecified atom stereocenters. The summed E-state index contributed by atoms with van der Waals surface area (Å²) in [4.78, 5) is 10.6. The number of hydrogen-bond donors (Lipinski definition) is 0. The van der Waals surface area contributed by atoms with Gasteiger partial charge in [0.25, 0.3) is 0 Å². The third-order valence-electron chi connectivity index (χ3n) is 1.89. The molecule has 0 heterocycles. The van der Waals surface area contributed by atoms with E-state index in [1.807, 2.05) is 24.3 Å². The quantitative estimate of drug-likeness (QED) is 0.335. The molecular weight excluding hydrogens is 376 g/mol.